The summed E-state index contributed by atoms with van der Waals surface area (Å²) in [6.45, 7) is 3.65. The number of amidine groups is 1. The van der Waals surface area contributed by atoms with Gasteiger partial charge in [-0.1, -0.05) is 0 Å². The summed E-state index contributed by atoms with van der Waals surface area (Å²) >= 11 is 0. The quantitative estimate of drug-likeness (QED) is 0.580. The zero-order valence-corrected chi connectivity index (χ0v) is 15.9. The van der Waals surface area contributed by atoms with E-state index in [4.69, 9.17) is 10.1 Å². The van der Waals surface area contributed by atoms with Crippen LogP contribution >= 0.6 is 0 Å². The second-order valence-corrected chi connectivity index (χ2v) is 7.00. The first kappa shape index (κ1) is 18.7. The monoisotopic (exact) mass is 394 g/mol. The Morgan fingerprint density at radius 3 is 2.69 bits per heavy atom. The number of carbonyl (C=O) groups excluding carboxylic acids is 1. The number of aromatic nitrogens is 2. The number of carbonyl (C=O) groups is 1. The lowest BCUT2D eigenvalue weighted by atomic mass is 10.2. The number of imidazole rings is 1. The molecule has 2 aromatic carbocycles. The normalized spacial score (nSPS) is 14.3. The van der Waals surface area contributed by atoms with Crippen LogP contribution in [0.2, 0.25) is 0 Å². The number of halogens is 1. The Hall–Kier alpha value is -3.68. The highest BCUT2D eigenvalue weighted by molar-refractivity contribution is 6.30. The lowest BCUT2D eigenvalue weighted by Gasteiger charge is -2.19. The Morgan fingerprint density at radius 1 is 1.28 bits per heavy atom. The smallest absolute Gasteiger partial charge is 0.338 e. The third-order valence-electron chi connectivity index (χ3n) is 4.54. The summed E-state index contributed by atoms with van der Waals surface area (Å²) < 4.78 is 18.6. The molecule has 0 bridgehead atoms. The van der Waals surface area contributed by atoms with Crippen molar-refractivity contribution in [3.05, 3.63) is 65.4 Å². The van der Waals surface area contributed by atoms with Gasteiger partial charge in [-0.2, -0.15) is 0 Å². The number of aliphatic hydroxyl groups is 1. The number of ether oxygens (including phenoxy) is 1. The van der Waals surface area contributed by atoms with Gasteiger partial charge in [0.25, 0.3) is 0 Å². The van der Waals surface area contributed by atoms with Gasteiger partial charge in [-0.25, -0.2) is 14.2 Å². The molecule has 0 unspecified atom stereocenters. The molecule has 1 aliphatic rings. The van der Waals surface area contributed by atoms with Crippen molar-refractivity contribution in [1.29, 1.82) is 5.41 Å². The van der Waals surface area contributed by atoms with Crippen LogP contribution in [0.4, 0.5) is 10.1 Å². The number of rotatable bonds is 4. The Labute approximate surface area is 166 Å². The number of nitrogens with one attached hydrogen (secondary N) is 2. The van der Waals surface area contributed by atoms with E-state index in [1.165, 1.54) is 18.2 Å². The molecule has 0 saturated carbocycles. The maximum Gasteiger partial charge on any atom is 0.338 e. The fraction of sp³-hybridized carbons (Fsp3) is 0.190. The van der Waals surface area contributed by atoms with Crippen molar-refractivity contribution in [2.24, 2.45) is 0 Å². The average molecular weight is 394 g/mol. The third kappa shape index (κ3) is 3.44. The number of benzene rings is 2. The largest absolute Gasteiger partial charge is 0.509 e. The van der Waals surface area contributed by atoms with Crippen LogP contribution in [0.3, 0.4) is 0 Å². The summed E-state index contributed by atoms with van der Waals surface area (Å²) in [5, 5.41) is 19.0. The van der Waals surface area contributed by atoms with Crippen molar-refractivity contribution < 1.29 is 19.0 Å². The molecule has 4 rings (SSSR count). The first-order chi connectivity index (χ1) is 13.8. The molecule has 3 aromatic rings. The highest BCUT2D eigenvalue weighted by atomic mass is 19.1. The molecule has 0 aliphatic carbocycles. The molecular formula is C21H19FN4O3. The second kappa shape index (κ2) is 7.05. The SMILES string of the molecule is CC(C)OC(=O)c1ccc(N2CC(O)=C(c3nc4ccc(F)cc4[nH]3)C2=N)cc1. The molecule has 0 amide bonds. The summed E-state index contributed by atoms with van der Waals surface area (Å²) in [4.78, 5) is 20.9. The fourth-order valence-corrected chi connectivity index (χ4v) is 3.21. The summed E-state index contributed by atoms with van der Waals surface area (Å²) in [6.07, 6.45) is -0.213. The van der Waals surface area contributed by atoms with Gasteiger partial charge in [0.2, 0.25) is 0 Å². The minimum Gasteiger partial charge on any atom is -0.509 e. The van der Waals surface area contributed by atoms with Gasteiger partial charge >= 0.3 is 5.97 Å². The molecule has 0 saturated heterocycles. The van der Waals surface area contributed by atoms with E-state index in [0.29, 0.717) is 28.1 Å². The van der Waals surface area contributed by atoms with Crippen LogP contribution < -0.4 is 4.90 Å². The van der Waals surface area contributed by atoms with Gasteiger partial charge in [-0.05, 0) is 56.3 Å². The fourth-order valence-electron chi connectivity index (χ4n) is 3.21. The Bertz CT molecular complexity index is 1150. The van der Waals surface area contributed by atoms with Crippen molar-refractivity contribution >= 4 is 34.1 Å². The highest BCUT2D eigenvalue weighted by Gasteiger charge is 2.31. The van der Waals surface area contributed by atoms with Gasteiger partial charge in [0.15, 0.2) is 0 Å². The Kier molecular flexibility index (Phi) is 4.54. The van der Waals surface area contributed by atoms with E-state index in [1.54, 1.807) is 43.0 Å². The van der Waals surface area contributed by atoms with Gasteiger partial charge in [-0.15, -0.1) is 0 Å². The zero-order chi connectivity index (χ0) is 20.7. The van der Waals surface area contributed by atoms with E-state index in [-0.39, 0.29) is 29.8 Å². The lowest BCUT2D eigenvalue weighted by Crippen LogP contribution is -2.26. The standard InChI is InChI=1S/C21H19FN4O3/c1-11(2)29-21(28)12-3-6-14(7-4-12)26-10-17(27)18(19(26)23)20-24-15-8-5-13(22)9-16(15)25-20/h3-9,11,23,27H,10H2,1-2H3,(H,24,25). The van der Waals surface area contributed by atoms with Gasteiger partial charge in [-0.3, -0.25) is 5.41 Å². The molecule has 3 N–H and O–H groups in total. The number of esters is 1. The summed E-state index contributed by atoms with van der Waals surface area (Å²) in [5.74, 6) is -0.477. The lowest BCUT2D eigenvalue weighted by molar-refractivity contribution is 0.0378. The van der Waals surface area contributed by atoms with E-state index in [9.17, 15) is 14.3 Å². The van der Waals surface area contributed by atoms with E-state index >= 15 is 0 Å². The predicted molar refractivity (Wildman–Crippen MR) is 108 cm³/mol. The Morgan fingerprint density at radius 2 is 2.00 bits per heavy atom. The molecule has 0 fully saturated rings. The van der Waals surface area contributed by atoms with Crippen LogP contribution in [0.5, 0.6) is 0 Å². The maximum atomic E-state index is 13.4. The van der Waals surface area contributed by atoms with Crippen molar-refractivity contribution in [2.45, 2.75) is 20.0 Å². The van der Waals surface area contributed by atoms with Crippen LogP contribution in [0, 0.1) is 11.2 Å². The van der Waals surface area contributed by atoms with Crippen molar-refractivity contribution in [1.82, 2.24) is 9.97 Å². The van der Waals surface area contributed by atoms with E-state index < -0.39 is 11.8 Å². The van der Waals surface area contributed by atoms with E-state index in [1.807, 2.05) is 0 Å². The number of hydrogen-bond donors (Lipinski definition) is 3. The number of nitrogens with zero attached hydrogens (tertiary/aromatic N) is 2. The van der Waals surface area contributed by atoms with Gasteiger partial charge in [0.05, 0.1) is 34.8 Å². The van der Waals surface area contributed by atoms with Gasteiger partial charge in [0, 0.05) is 5.69 Å². The van der Waals surface area contributed by atoms with Crippen LogP contribution in [0.25, 0.3) is 16.6 Å². The second-order valence-electron chi connectivity index (χ2n) is 7.00. The molecule has 0 radical (unpaired) electrons. The van der Waals surface area contributed by atoms with Crippen LogP contribution in [-0.4, -0.2) is 39.5 Å². The number of fused-ring (bicyclic) bond motifs is 1. The summed E-state index contributed by atoms with van der Waals surface area (Å²) in [7, 11) is 0. The van der Waals surface area contributed by atoms with Crippen molar-refractivity contribution in [3.8, 4) is 0 Å². The number of hydrogen-bond acceptors (Lipinski definition) is 5. The first-order valence-electron chi connectivity index (χ1n) is 9.08. The average Bonchev–Trinajstić information content (AvgIpc) is 3.20. The first-order valence-corrected chi connectivity index (χ1v) is 9.08. The van der Waals surface area contributed by atoms with Gasteiger partial charge in [0.1, 0.15) is 23.2 Å². The molecule has 148 valence electrons. The summed E-state index contributed by atoms with van der Waals surface area (Å²) in [6, 6.07) is 10.8. The minimum absolute atomic E-state index is 0.0159. The van der Waals surface area contributed by atoms with Crippen LogP contribution in [0.1, 0.15) is 30.0 Å². The third-order valence-corrected chi connectivity index (χ3v) is 4.54. The molecule has 0 atom stereocenters. The molecule has 7 nitrogen and oxygen atoms in total. The minimum atomic E-state index is -0.417. The van der Waals surface area contributed by atoms with E-state index in [2.05, 4.69) is 9.97 Å². The van der Waals surface area contributed by atoms with Crippen LogP contribution in [-0.2, 0) is 4.74 Å². The number of anilines is 1. The van der Waals surface area contributed by atoms with Crippen molar-refractivity contribution in [3.63, 3.8) is 0 Å². The number of H-pyrrole nitrogens is 1. The molecular weight excluding hydrogens is 375 g/mol. The maximum absolute atomic E-state index is 13.4. The Balaban J connectivity index is 1.59. The van der Waals surface area contributed by atoms with Crippen LogP contribution in [0.15, 0.2) is 48.2 Å². The van der Waals surface area contributed by atoms with Gasteiger partial charge < -0.3 is 19.7 Å². The molecule has 29 heavy (non-hydrogen) atoms. The predicted octanol–water partition coefficient (Wildman–Crippen LogP) is 4.03. The highest BCUT2D eigenvalue weighted by Crippen LogP contribution is 2.31. The molecule has 1 aliphatic heterocycles. The summed E-state index contributed by atoms with van der Waals surface area (Å²) in [5.41, 5.74) is 2.33. The van der Waals surface area contributed by atoms with Crippen molar-refractivity contribution in [2.75, 3.05) is 11.4 Å². The number of aromatic amines is 1. The van der Waals surface area contributed by atoms with E-state index in [0.717, 1.165) is 0 Å². The topological polar surface area (TPSA) is 102 Å². The number of aliphatic hydroxyl groups excluding tert-OH is 1. The molecule has 1 aromatic heterocycles. The molecule has 8 heteroatoms. The molecule has 0 spiro atoms. The molecule has 2 heterocycles. The zero-order valence-electron chi connectivity index (χ0n) is 15.9.